The van der Waals surface area contributed by atoms with E-state index in [1.165, 1.54) is 13.2 Å². The van der Waals surface area contributed by atoms with E-state index in [0.29, 0.717) is 17.4 Å². The maximum Gasteiger partial charge on any atom is 0.258 e. The molecule has 3 rings (SSSR count). The fourth-order valence-corrected chi connectivity index (χ4v) is 4.36. The summed E-state index contributed by atoms with van der Waals surface area (Å²) in [5.41, 5.74) is 6.38. The van der Waals surface area contributed by atoms with E-state index in [4.69, 9.17) is 26.8 Å². The highest BCUT2D eigenvalue weighted by Gasteiger charge is 2.26. The molecule has 1 aliphatic rings. The van der Waals surface area contributed by atoms with Gasteiger partial charge in [-0.05, 0) is 30.7 Å². The molecule has 1 aliphatic heterocycles. The number of hydrogen-bond acceptors (Lipinski definition) is 5. The van der Waals surface area contributed by atoms with E-state index in [2.05, 4.69) is 6.92 Å². The highest BCUT2D eigenvalue weighted by atomic mass is 35.5. The molecule has 0 fully saturated rings. The number of rotatable bonds is 5. The first-order valence-electron chi connectivity index (χ1n) is 8.77. The molecule has 0 spiro atoms. The Kier molecular flexibility index (Phi) is 6.36. The first kappa shape index (κ1) is 20.4. The summed E-state index contributed by atoms with van der Waals surface area (Å²) in [4.78, 5) is 27.1. The predicted octanol–water partition coefficient (Wildman–Crippen LogP) is 3.74. The molecule has 0 saturated heterocycles. The molecule has 0 radical (unpaired) electrons. The molecule has 1 heterocycles. The van der Waals surface area contributed by atoms with Gasteiger partial charge in [0.1, 0.15) is 0 Å². The van der Waals surface area contributed by atoms with E-state index in [-0.39, 0.29) is 29.0 Å². The van der Waals surface area contributed by atoms with E-state index in [1.54, 1.807) is 22.7 Å². The van der Waals surface area contributed by atoms with E-state index in [0.717, 1.165) is 17.0 Å². The SMILES string of the molecule is COc1cc(C(=O)N2CC[C@@H](C)Sc3ccccc32)cc(Cl)c1OCC(N)=O. The number of halogens is 1. The van der Waals surface area contributed by atoms with Gasteiger partial charge in [0.15, 0.2) is 18.1 Å². The third kappa shape index (κ3) is 4.36. The van der Waals surface area contributed by atoms with Crippen LogP contribution in [0.2, 0.25) is 5.02 Å². The van der Waals surface area contributed by atoms with E-state index in [9.17, 15) is 9.59 Å². The minimum Gasteiger partial charge on any atom is -0.493 e. The van der Waals surface area contributed by atoms with Gasteiger partial charge in [-0.2, -0.15) is 0 Å². The Bertz CT molecular complexity index is 906. The van der Waals surface area contributed by atoms with Crippen molar-refractivity contribution in [3.63, 3.8) is 0 Å². The number of amides is 2. The van der Waals surface area contributed by atoms with Crippen molar-refractivity contribution in [1.29, 1.82) is 0 Å². The van der Waals surface area contributed by atoms with Crippen molar-refractivity contribution in [3.8, 4) is 11.5 Å². The molecule has 2 aromatic rings. The lowest BCUT2D eigenvalue weighted by molar-refractivity contribution is -0.119. The van der Waals surface area contributed by atoms with Crippen LogP contribution in [-0.4, -0.2) is 37.3 Å². The fraction of sp³-hybridized carbons (Fsp3) is 0.300. The van der Waals surface area contributed by atoms with Crippen LogP contribution in [0.15, 0.2) is 41.3 Å². The van der Waals surface area contributed by atoms with Crippen LogP contribution in [0.25, 0.3) is 0 Å². The molecule has 2 amide bonds. The van der Waals surface area contributed by atoms with Gasteiger partial charge in [-0.15, -0.1) is 11.8 Å². The first-order chi connectivity index (χ1) is 13.4. The predicted molar refractivity (Wildman–Crippen MR) is 111 cm³/mol. The Morgan fingerprint density at radius 3 is 2.79 bits per heavy atom. The highest BCUT2D eigenvalue weighted by molar-refractivity contribution is 8.00. The second kappa shape index (κ2) is 8.75. The Hall–Kier alpha value is -2.38. The molecule has 0 unspecified atom stereocenters. The van der Waals surface area contributed by atoms with Crippen molar-refractivity contribution in [1.82, 2.24) is 0 Å². The molecule has 148 valence electrons. The lowest BCUT2D eigenvalue weighted by atomic mass is 10.1. The second-order valence-corrected chi connectivity index (χ2v) is 8.27. The summed E-state index contributed by atoms with van der Waals surface area (Å²) in [6.45, 7) is 2.42. The second-order valence-electron chi connectivity index (χ2n) is 6.39. The summed E-state index contributed by atoms with van der Waals surface area (Å²) in [5, 5.41) is 0.580. The van der Waals surface area contributed by atoms with Crippen LogP contribution in [0.4, 0.5) is 5.69 Å². The molecular weight excluding hydrogens is 400 g/mol. The third-order valence-corrected chi connectivity index (χ3v) is 5.84. The Morgan fingerprint density at radius 1 is 1.32 bits per heavy atom. The van der Waals surface area contributed by atoms with Crippen LogP contribution in [0, 0.1) is 0 Å². The number of primary amides is 1. The number of para-hydroxylation sites is 1. The maximum atomic E-state index is 13.3. The first-order valence-corrected chi connectivity index (χ1v) is 10.0. The van der Waals surface area contributed by atoms with Crippen LogP contribution in [0.3, 0.4) is 0 Å². The Balaban J connectivity index is 1.96. The summed E-state index contributed by atoms with van der Waals surface area (Å²) in [7, 11) is 1.44. The standard InChI is InChI=1S/C20H21ClN2O4S/c1-12-7-8-23(15-5-3-4-6-17(15)28-12)20(25)13-9-14(21)19(16(10-13)26-2)27-11-18(22)24/h3-6,9-10,12H,7-8,11H2,1-2H3,(H2,22,24)/t12-/m1/s1. The minimum absolute atomic E-state index is 0.176. The van der Waals surface area contributed by atoms with Crippen LogP contribution < -0.4 is 20.1 Å². The average Bonchev–Trinajstić information content (AvgIpc) is 2.83. The van der Waals surface area contributed by atoms with Crippen LogP contribution in [0.1, 0.15) is 23.7 Å². The van der Waals surface area contributed by atoms with Crippen molar-refractivity contribution in [2.75, 3.05) is 25.2 Å². The van der Waals surface area contributed by atoms with Gasteiger partial charge in [-0.25, -0.2) is 0 Å². The number of thioether (sulfide) groups is 1. The van der Waals surface area contributed by atoms with Crippen molar-refractivity contribution < 1.29 is 19.1 Å². The zero-order chi connectivity index (χ0) is 20.3. The number of methoxy groups -OCH3 is 1. The topological polar surface area (TPSA) is 81.9 Å². The number of anilines is 1. The molecule has 28 heavy (non-hydrogen) atoms. The number of carbonyl (C=O) groups is 2. The van der Waals surface area contributed by atoms with Crippen LogP contribution in [0.5, 0.6) is 11.5 Å². The number of hydrogen-bond donors (Lipinski definition) is 1. The number of nitrogens with zero attached hydrogens (tertiary/aromatic N) is 1. The highest BCUT2D eigenvalue weighted by Crippen LogP contribution is 2.40. The third-order valence-electron chi connectivity index (χ3n) is 4.32. The van der Waals surface area contributed by atoms with Gasteiger partial charge in [-0.3, -0.25) is 9.59 Å². The minimum atomic E-state index is -0.633. The molecule has 0 saturated carbocycles. The van der Waals surface area contributed by atoms with Gasteiger partial charge in [0.05, 0.1) is 17.8 Å². The molecular formula is C20H21ClN2O4S. The Labute approximate surface area is 172 Å². The normalized spacial score (nSPS) is 16.1. The van der Waals surface area contributed by atoms with E-state index >= 15 is 0 Å². The monoisotopic (exact) mass is 420 g/mol. The summed E-state index contributed by atoms with van der Waals surface area (Å²) in [5.74, 6) is -0.363. The van der Waals surface area contributed by atoms with Gasteiger partial charge < -0.3 is 20.1 Å². The molecule has 2 N–H and O–H groups in total. The molecule has 0 aromatic heterocycles. The number of fused-ring (bicyclic) bond motifs is 1. The molecule has 6 nitrogen and oxygen atoms in total. The van der Waals surface area contributed by atoms with E-state index in [1.807, 2.05) is 24.3 Å². The number of benzene rings is 2. The zero-order valence-electron chi connectivity index (χ0n) is 15.6. The molecule has 0 aliphatic carbocycles. The fourth-order valence-electron chi connectivity index (χ4n) is 2.98. The largest absolute Gasteiger partial charge is 0.493 e. The smallest absolute Gasteiger partial charge is 0.258 e. The summed E-state index contributed by atoms with van der Waals surface area (Å²) < 4.78 is 10.6. The molecule has 0 bridgehead atoms. The number of nitrogens with two attached hydrogens (primary N) is 1. The number of ether oxygens (including phenoxy) is 2. The average molecular weight is 421 g/mol. The molecule has 2 aromatic carbocycles. The van der Waals surface area contributed by atoms with Gasteiger partial charge >= 0.3 is 0 Å². The van der Waals surface area contributed by atoms with E-state index < -0.39 is 5.91 Å². The maximum absolute atomic E-state index is 13.3. The van der Waals surface area contributed by atoms with Gasteiger partial charge in [0.2, 0.25) is 0 Å². The summed E-state index contributed by atoms with van der Waals surface area (Å²) >= 11 is 8.07. The zero-order valence-corrected chi connectivity index (χ0v) is 17.2. The van der Waals surface area contributed by atoms with Gasteiger partial charge in [-0.1, -0.05) is 30.7 Å². The lowest BCUT2D eigenvalue weighted by Gasteiger charge is -2.23. The van der Waals surface area contributed by atoms with Gasteiger partial charge in [0.25, 0.3) is 11.8 Å². The summed E-state index contributed by atoms with van der Waals surface area (Å²) in [6.07, 6.45) is 0.871. The van der Waals surface area contributed by atoms with Crippen LogP contribution in [-0.2, 0) is 4.79 Å². The lowest BCUT2D eigenvalue weighted by Crippen LogP contribution is -2.32. The van der Waals surface area contributed by atoms with Crippen molar-refractivity contribution in [3.05, 3.63) is 47.0 Å². The number of carbonyl (C=O) groups excluding carboxylic acids is 2. The molecule has 8 heteroatoms. The summed E-state index contributed by atoms with van der Waals surface area (Å²) in [6, 6.07) is 10.9. The van der Waals surface area contributed by atoms with Crippen LogP contribution >= 0.6 is 23.4 Å². The quantitative estimate of drug-likeness (QED) is 0.796. The van der Waals surface area contributed by atoms with Crippen molar-refractivity contribution in [2.45, 2.75) is 23.5 Å². The van der Waals surface area contributed by atoms with Gasteiger partial charge in [0, 0.05) is 22.3 Å². The van der Waals surface area contributed by atoms with Crippen molar-refractivity contribution in [2.24, 2.45) is 5.73 Å². The molecule has 1 atom stereocenters. The Morgan fingerprint density at radius 2 is 2.07 bits per heavy atom. The van der Waals surface area contributed by atoms with Crippen molar-refractivity contribution >= 4 is 40.9 Å².